The van der Waals surface area contributed by atoms with E-state index in [9.17, 15) is 18.9 Å². The van der Waals surface area contributed by atoms with Crippen molar-refractivity contribution in [2.45, 2.75) is 43.6 Å². The second kappa shape index (κ2) is 10.5. The second-order valence-electron chi connectivity index (χ2n) is 8.02. The molecule has 0 amide bonds. The number of nitrogen functional groups attached to an aromatic ring is 1. The minimum atomic E-state index is -4.23. The molecular weight excluding hydrogens is 521 g/mol. The van der Waals surface area contributed by atoms with E-state index in [1.165, 1.54) is 41.7 Å². The predicted octanol–water partition coefficient (Wildman–Crippen LogP) is -1.96. The number of nitrogens with zero attached hydrogens (tertiary/aromatic N) is 4. The Kier molecular flexibility index (Phi) is 7.81. The molecule has 2 aromatic rings. The molecule has 2 aromatic heterocycles. The highest BCUT2D eigenvalue weighted by atomic mass is 32.2. The number of H-pyrrole nitrogens is 1. The number of hydrogen-bond donors (Lipinski definition) is 5. The van der Waals surface area contributed by atoms with Gasteiger partial charge in [0, 0.05) is 30.1 Å². The lowest BCUT2D eigenvalue weighted by Gasteiger charge is -2.25. The Labute approximate surface area is 207 Å². The largest absolute Gasteiger partial charge is 0.405 e. The molecule has 4 rings (SSSR count). The van der Waals surface area contributed by atoms with Crippen LogP contribution in [0.1, 0.15) is 24.4 Å². The summed E-state index contributed by atoms with van der Waals surface area (Å²) in [4.78, 5) is 41.7. The Bertz CT molecular complexity index is 1330. The Morgan fingerprint density at radius 1 is 1.28 bits per heavy atom. The molecule has 4 heterocycles. The summed E-state index contributed by atoms with van der Waals surface area (Å²) in [6.45, 7) is 1.28. The predicted molar refractivity (Wildman–Crippen MR) is 127 cm³/mol. The van der Waals surface area contributed by atoms with Crippen LogP contribution in [0, 0.1) is 6.92 Å². The molecule has 0 spiro atoms. The fourth-order valence-corrected chi connectivity index (χ4v) is 5.59. The van der Waals surface area contributed by atoms with Crippen LogP contribution in [-0.4, -0.2) is 54.3 Å². The molecule has 2 aliphatic heterocycles. The maximum Gasteiger partial charge on any atom is 0.405 e. The van der Waals surface area contributed by atoms with Gasteiger partial charge in [0.05, 0.1) is 12.6 Å². The van der Waals surface area contributed by atoms with Crippen molar-refractivity contribution in [3.05, 3.63) is 55.3 Å². The van der Waals surface area contributed by atoms with Gasteiger partial charge in [-0.3, -0.25) is 39.6 Å². The number of aryl methyl sites for hydroxylation is 1. The van der Waals surface area contributed by atoms with Crippen molar-refractivity contribution >= 4 is 25.3 Å². The third kappa shape index (κ3) is 5.94. The SMILES string of the molecule is Cc1cn(C2CC(N(N)N)C(OP(N)(=O)OCC3OC(n4ccc(N)nc4=O)CS3)O2)c(=O)[nH]c1=O. The molecule has 2 aliphatic rings. The fraction of sp³-hybridized carbons (Fsp3) is 0.529. The van der Waals surface area contributed by atoms with Gasteiger partial charge in [-0.1, -0.05) is 0 Å². The lowest BCUT2D eigenvalue weighted by Crippen LogP contribution is -2.50. The molecule has 9 N–H and O–H groups in total. The van der Waals surface area contributed by atoms with Gasteiger partial charge < -0.3 is 15.2 Å². The number of hydrogen-bond acceptors (Lipinski definition) is 14. The number of thioether (sulfide) groups is 1. The quantitative estimate of drug-likeness (QED) is 0.137. The second-order valence-corrected chi connectivity index (χ2v) is 10.8. The van der Waals surface area contributed by atoms with Crippen molar-refractivity contribution in [1.29, 1.82) is 0 Å². The average molecular weight is 547 g/mol. The maximum absolute atomic E-state index is 12.8. The van der Waals surface area contributed by atoms with E-state index < -0.39 is 54.9 Å². The van der Waals surface area contributed by atoms with Crippen LogP contribution in [0.3, 0.4) is 0 Å². The molecule has 2 saturated heterocycles. The fourth-order valence-electron chi connectivity index (χ4n) is 3.62. The van der Waals surface area contributed by atoms with Crippen LogP contribution < -0.4 is 39.9 Å². The molecule has 17 nitrogen and oxygen atoms in total. The lowest BCUT2D eigenvalue weighted by atomic mass is 10.2. The number of rotatable bonds is 8. The summed E-state index contributed by atoms with van der Waals surface area (Å²) in [5.41, 5.74) is 9.08. The smallest absolute Gasteiger partial charge is 0.383 e. The Hall–Kier alpha value is -2.38. The minimum absolute atomic E-state index is 0.0523. The molecule has 0 radical (unpaired) electrons. The molecule has 0 saturated carbocycles. The van der Waals surface area contributed by atoms with E-state index in [2.05, 4.69) is 9.97 Å². The van der Waals surface area contributed by atoms with E-state index in [0.717, 1.165) is 9.69 Å². The van der Waals surface area contributed by atoms with Crippen molar-refractivity contribution < 1.29 is 23.1 Å². The first-order valence-corrected chi connectivity index (χ1v) is 13.2. The van der Waals surface area contributed by atoms with Crippen LogP contribution in [0.2, 0.25) is 0 Å². The molecular formula is C17H26N9O8PS. The van der Waals surface area contributed by atoms with Gasteiger partial charge >= 0.3 is 19.1 Å². The highest BCUT2D eigenvalue weighted by molar-refractivity contribution is 8.00. The van der Waals surface area contributed by atoms with Gasteiger partial charge in [0.1, 0.15) is 23.7 Å². The number of aromatic nitrogens is 4. The van der Waals surface area contributed by atoms with Crippen molar-refractivity contribution in [2.24, 2.45) is 17.2 Å². The average Bonchev–Trinajstić information content (AvgIpc) is 3.42. The third-order valence-corrected chi connectivity index (χ3v) is 7.53. The van der Waals surface area contributed by atoms with E-state index in [0.29, 0.717) is 5.75 Å². The normalized spacial score (nSPS) is 28.0. The van der Waals surface area contributed by atoms with Crippen LogP contribution >= 0.6 is 19.5 Å². The maximum atomic E-state index is 12.8. The van der Waals surface area contributed by atoms with Gasteiger partial charge in [-0.15, -0.1) is 11.8 Å². The summed E-state index contributed by atoms with van der Waals surface area (Å²) in [7, 11) is -4.23. The summed E-state index contributed by atoms with van der Waals surface area (Å²) in [6.07, 6.45) is -0.0776. The number of aromatic amines is 1. The van der Waals surface area contributed by atoms with Gasteiger partial charge in [-0.2, -0.15) is 10.1 Å². The number of anilines is 1. The van der Waals surface area contributed by atoms with Crippen LogP contribution in [-0.2, 0) is 23.1 Å². The third-order valence-electron chi connectivity index (χ3n) is 5.42. The molecule has 0 aliphatic carbocycles. The van der Waals surface area contributed by atoms with Gasteiger partial charge in [0.25, 0.3) is 5.56 Å². The van der Waals surface area contributed by atoms with Crippen molar-refractivity contribution in [1.82, 2.24) is 24.2 Å². The topological polar surface area (TPSA) is 251 Å². The molecule has 198 valence electrons. The molecule has 6 atom stereocenters. The van der Waals surface area contributed by atoms with Crippen LogP contribution in [0.15, 0.2) is 32.8 Å². The molecule has 0 aromatic carbocycles. The lowest BCUT2D eigenvalue weighted by molar-refractivity contribution is -0.123. The van der Waals surface area contributed by atoms with Crippen LogP contribution in [0.4, 0.5) is 5.82 Å². The first-order valence-electron chi connectivity index (χ1n) is 10.5. The minimum Gasteiger partial charge on any atom is -0.383 e. The van der Waals surface area contributed by atoms with Crippen LogP contribution in [0.5, 0.6) is 0 Å². The number of nitrogens with two attached hydrogens (primary N) is 4. The monoisotopic (exact) mass is 547 g/mol. The van der Waals surface area contributed by atoms with E-state index in [4.69, 9.17) is 41.4 Å². The van der Waals surface area contributed by atoms with Crippen molar-refractivity contribution in [3.63, 3.8) is 0 Å². The summed E-state index contributed by atoms with van der Waals surface area (Å²) < 4.78 is 37.3. The Balaban J connectivity index is 1.38. The Morgan fingerprint density at radius 2 is 2.03 bits per heavy atom. The van der Waals surface area contributed by atoms with E-state index in [1.54, 1.807) is 0 Å². The zero-order valence-corrected chi connectivity index (χ0v) is 20.7. The summed E-state index contributed by atoms with van der Waals surface area (Å²) in [6, 6.07) is 0.605. The van der Waals surface area contributed by atoms with Gasteiger partial charge in [-0.05, 0) is 13.0 Å². The van der Waals surface area contributed by atoms with E-state index >= 15 is 0 Å². The van der Waals surface area contributed by atoms with Crippen molar-refractivity contribution in [2.75, 3.05) is 18.1 Å². The first kappa shape index (κ1) is 26.7. The van der Waals surface area contributed by atoms with Crippen molar-refractivity contribution in [3.8, 4) is 0 Å². The highest BCUT2D eigenvalue weighted by Crippen LogP contribution is 2.46. The van der Waals surface area contributed by atoms with E-state index in [-0.39, 0.29) is 24.4 Å². The Morgan fingerprint density at radius 3 is 2.72 bits per heavy atom. The number of nitrogens with one attached hydrogen (secondary N) is 1. The van der Waals surface area contributed by atoms with Gasteiger partial charge in [0.15, 0.2) is 6.29 Å². The molecule has 19 heteroatoms. The summed E-state index contributed by atoms with van der Waals surface area (Å²) >= 11 is 1.30. The van der Waals surface area contributed by atoms with Gasteiger partial charge in [-0.25, -0.2) is 19.7 Å². The number of hydrazine groups is 2. The zero-order valence-electron chi connectivity index (χ0n) is 19.0. The van der Waals surface area contributed by atoms with Crippen LogP contribution in [0.25, 0.3) is 0 Å². The molecule has 0 bridgehead atoms. The van der Waals surface area contributed by atoms with E-state index in [1.807, 2.05) is 0 Å². The summed E-state index contributed by atoms with van der Waals surface area (Å²) in [5, 5.41) is 0.785. The molecule has 2 fully saturated rings. The molecule has 6 unspecified atom stereocenters. The summed E-state index contributed by atoms with van der Waals surface area (Å²) in [5.74, 6) is 11.8. The standard InChI is InChI=1S/C17H26N9O8PS/c1-8-5-25(17(29)23-14(8)27)11-4-9(26(19)20)15(33-11)34-35(21,30)31-6-13-32-12(7-36-13)24-3-2-10(18)22-16(24)28/h2-3,5,9,11-13,15H,4,6-7,19-20H2,1H3,(H2,21,30)(H2,18,22,28)(H,23,27,29). The highest BCUT2D eigenvalue weighted by Gasteiger charge is 2.43. The number of ether oxygens (including phenoxy) is 2. The first-order chi connectivity index (χ1) is 16.9. The molecule has 36 heavy (non-hydrogen) atoms. The van der Waals surface area contributed by atoms with Gasteiger partial charge in [0.2, 0.25) is 0 Å². The zero-order chi connectivity index (χ0) is 26.2.